The van der Waals surface area contributed by atoms with Crippen molar-refractivity contribution in [1.82, 2.24) is 14.9 Å². The standard InChI is InChI=1S/C18H17N3O2/c1-21(12-9-14-7-10-19-11-8-14)18(22)16-17(23-13-20-16)15-5-3-2-4-6-15/h2-8,10-11,13H,9,12H2,1H3. The molecule has 0 atom stereocenters. The zero-order valence-corrected chi connectivity index (χ0v) is 12.8. The summed E-state index contributed by atoms with van der Waals surface area (Å²) in [6.07, 6.45) is 5.58. The van der Waals surface area contributed by atoms with Gasteiger partial charge in [0.05, 0.1) is 0 Å². The Bertz CT molecular complexity index is 769. The van der Waals surface area contributed by atoms with Crippen molar-refractivity contribution in [2.24, 2.45) is 0 Å². The number of rotatable bonds is 5. The number of hydrogen-bond donors (Lipinski definition) is 0. The highest BCUT2D eigenvalue weighted by molar-refractivity contribution is 5.97. The number of oxazole rings is 1. The predicted molar refractivity (Wildman–Crippen MR) is 86.8 cm³/mol. The minimum Gasteiger partial charge on any atom is -0.443 e. The molecule has 0 N–H and O–H groups in total. The summed E-state index contributed by atoms with van der Waals surface area (Å²) in [4.78, 5) is 22.4. The zero-order chi connectivity index (χ0) is 16.1. The fraction of sp³-hybridized carbons (Fsp3) is 0.167. The third-order valence-electron chi connectivity index (χ3n) is 3.64. The van der Waals surface area contributed by atoms with Crippen molar-refractivity contribution in [3.63, 3.8) is 0 Å². The van der Waals surface area contributed by atoms with Crippen LogP contribution in [0.3, 0.4) is 0 Å². The van der Waals surface area contributed by atoms with Gasteiger partial charge in [-0.15, -0.1) is 0 Å². The van der Waals surface area contributed by atoms with E-state index in [1.807, 2.05) is 42.5 Å². The summed E-state index contributed by atoms with van der Waals surface area (Å²) in [7, 11) is 1.77. The summed E-state index contributed by atoms with van der Waals surface area (Å²) in [5.41, 5.74) is 2.33. The first-order valence-electron chi connectivity index (χ1n) is 7.39. The molecule has 0 unspecified atom stereocenters. The van der Waals surface area contributed by atoms with Crippen LogP contribution in [0.15, 0.2) is 65.7 Å². The third-order valence-corrected chi connectivity index (χ3v) is 3.64. The van der Waals surface area contributed by atoms with E-state index in [0.29, 0.717) is 18.0 Å². The lowest BCUT2D eigenvalue weighted by Gasteiger charge is -2.16. The van der Waals surface area contributed by atoms with Gasteiger partial charge < -0.3 is 9.32 Å². The Morgan fingerprint density at radius 3 is 2.61 bits per heavy atom. The molecule has 2 aromatic heterocycles. The second-order valence-corrected chi connectivity index (χ2v) is 5.23. The number of carbonyl (C=O) groups is 1. The zero-order valence-electron chi connectivity index (χ0n) is 12.8. The smallest absolute Gasteiger partial charge is 0.276 e. The molecule has 0 radical (unpaired) electrons. The van der Waals surface area contributed by atoms with Crippen LogP contribution in [0.25, 0.3) is 11.3 Å². The van der Waals surface area contributed by atoms with Crippen molar-refractivity contribution in [1.29, 1.82) is 0 Å². The van der Waals surface area contributed by atoms with Crippen molar-refractivity contribution >= 4 is 5.91 Å². The average molecular weight is 307 g/mol. The van der Waals surface area contributed by atoms with E-state index in [1.165, 1.54) is 6.39 Å². The van der Waals surface area contributed by atoms with E-state index in [-0.39, 0.29) is 5.91 Å². The van der Waals surface area contributed by atoms with Crippen LogP contribution in [0.2, 0.25) is 0 Å². The Morgan fingerprint density at radius 2 is 1.87 bits per heavy atom. The SMILES string of the molecule is CN(CCc1ccncc1)C(=O)c1ncoc1-c1ccccc1. The van der Waals surface area contributed by atoms with Gasteiger partial charge in [-0.3, -0.25) is 9.78 Å². The minimum absolute atomic E-state index is 0.147. The van der Waals surface area contributed by atoms with E-state index in [0.717, 1.165) is 17.5 Å². The molecule has 1 aromatic carbocycles. The van der Waals surface area contributed by atoms with E-state index in [9.17, 15) is 4.79 Å². The third kappa shape index (κ3) is 3.45. The molecule has 0 fully saturated rings. The van der Waals surface area contributed by atoms with Crippen LogP contribution in [-0.4, -0.2) is 34.4 Å². The van der Waals surface area contributed by atoms with Crippen molar-refractivity contribution in [3.05, 3.63) is 72.5 Å². The molecule has 0 aliphatic heterocycles. The fourth-order valence-electron chi connectivity index (χ4n) is 2.32. The van der Waals surface area contributed by atoms with Gasteiger partial charge in [-0.05, 0) is 24.1 Å². The van der Waals surface area contributed by atoms with Crippen LogP contribution >= 0.6 is 0 Å². The molecule has 0 saturated carbocycles. The number of pyridine rings is 1. The van der Waals surface area contributed by atoms with Gasteiger partial charge in [-0.2, -0.15) is 0 Å². The molecule has 2 heterocycles. The summed E-state index contributed by atoms with van der Waals surface area (Å²) in [6.45, 7) is 0.601. The number of amides is 1. The number of nitrogens with zero attached hydrogens (tertiary/aromatic N) is 3. The average Bonchev–Trinajstić information content (AvgIpc) is 3.10. The summed E-state index contributed by atoms with van der Waals surface area (Å²) in [6, 6.07) is 13.4. The van der Waals surface area contributed by atoms with Gasteiger partial charge in [0.2, 0.25) is 0 Å². The highest BCUT2D eigenvalue weighted by atomic mass is 16.3. The molecule has 0 spiro atoms. The van der Waals surface area contributed by atoms with Crippen LogP contribution < -0.4 is 0 Å². The Hall–Kier alpha value is -2.95. The lowest BCUT2D eigenvalue weighted by atomic mass is 10.1. The number of likely N-dealkylation sites (N-methyl/N-ethyl adjacent to an activating group) is 1. The molecular formula is C18H17N3O2. The Morgan fingerprint density at radius 1 is 1.13 bits per heavy atom. The maximum Gasteiger partial charge on any atom is 0.276 e. The molecule has 1 amide bonds. The number of aromatic nitrogens is 2. The first kappa shape index (κ1) is 15.0. The Kier molecular flexibility index (Phi) is 4.47. The molecular weight excluding hydrogens is 290 g/mol. The molecule has 0 aliphatic rings. The molecule has 0 saturated heterocycles. The van der Waals surface area contributed by atoms with Gasteiger partial charge in [0.25, 0.3) is 5.91 Å². The fourth-order valence-corrected chi connectivity index (χ4v) is 2.32. The highest BCUT2D eigenvalue weighted by Crippen LogP contribution is 2.23. The summed E-state index contributed by atoms with van der Waals surface area (Å²) < 4.78 is 5.42. The van der Waals surface area contributed by atoms with Gasteiger partial charge in [-0.1, -0.05) is 30.3 Å². The van der Waals surface area contributed by atoms with E-state index in [1.54, 1.807) is 24.3 Å². The maximum atomic E-state index is 12.6. The molecule has 116 valence electrons. The normalized spacial score (nSPS) is 10.5. The first-order valence-corrected chi connectivity index (χ1v) is 7.39. The van der Waals surface area contributed by atoms with Gasteiger partial charge in [-0.25, -0.2) is 4.98 Å². The van der Waals surface area contributed by atoms with E-state index >= 15 is 0 Å². The van der Waals surface area contributed by atoms with E-state index in [2.05, 4.69) is 9.97 Å². The van der Waals surface area contributed by atoms with Crippen LogP contribution in [0.5, 0.6) is 0 Å². The van der Waals surface area contributed by atoms with Crippen LogP contribution in [0, 0.1) is 0 Å². The molecule has 23 heavy (non-hydrogen) atoms. The molecule has 3 aromatic rings. The van der Waals surface area contributed by atoms with Crippen molar-refractivity contribution in [2.45, 2.75) is 6.42 Å². The summed E-state index contributed by atoms with van der Waals surface area (Å²) in [5.74, 6) is 0.359. The first-order chi connectivity index (χ1) is 11.3. The highest BCUT2D eigenvalue weighted by Gasteiger charge is 2.21. The number of hydrogen-bond acceptors (Lipinski definition) is 4. The molecule has 3 rings (SSSR count). The predicted octanol–water partition coefficient (Wildman–Crippen LogP) is 3.05. The van der Waals surface area contributed by atoms with Gasteiger partial charge in [0.1, 0.15) is 0 Å². The lowest BCUT2D eigenvalue weighted by molar-refractivity contribution is 0.0792. The Labute approximate surface area is 134 Å². The summed E-state index contributed by atoms with van der Waals surface area (Å²) in [5, 5.41) is 0. The minimum atomic E-state index is -0.147. The topological polar surface area (TPSA) is 59.2 Å². The van der Waals surface area contributed by atoms with Crippen molar-refractivity contribution in [3.8, 4) is 11.3 Å². The van der Waals surface area contributed by atoms with Gasteiger partial charge in [0, 0.05) is 31.5 Å². The monoisotopic (exact) mass is 307 g/mol. The van der Waals surface area contributed by atoms with E-state index < -0.39 is 0 Å². The summed E-state index contributed by atoms with van der Waals surface area (Å²) >= 11 is 0. The van der Waals surface area contributed by atoms with Crippen molar-refractivity contribution in [2.75, 3.05) is 13.6 Å². The van der Waals surface area contributed by atoms with Crippen molar-refractivity contribution < 1.29 is 9.21 Å². The maximum absolute atomic E-state index is 12.6. The van der Waals surface area contributed by atoms with Gasteiger partial charge >= 0.3 is 0 Å². The Balaban J connectivity index is 1.72. The van der Waals surface area contributed by atoms with Crippen LogP contribution in [-0.2, 0) is 6.42 Å². The lowest BCUT2D eigenvalue weighted by Crippen LogP contribution is -2.29. The van der Waals surface area contributed by atoms with Crippen LogP contribution in [0.1, 0.15) is 16.1 Å². The second-order valence-electron chi connectivity index (χ2n) is 5.23. The molecule has 0 aliphatic carbocycles. The number of benzene rings is 1. The largest absolute Gasteiger partial charge is 0.443 e. The van der Waals surface area contributed by atoms with Crippen LogP contribution in [0.4, 0.5) is 0 Å². The van der Waals surface area contributed by atoms with Gasteiger partial charge in [0.15, 0.2) is 17.8 Å². The quantitative estimate of drug-likeness (QED) is 0.727. The second kappa shape index (κ2) is 6.87. The molecule has 5 nitrogen and oxygen atoms in total. The molecule has 5 heteroatoms. The number of carbonyl (C=O) groups excluding carboxylic acids is 1. The molecule has 0 bridgehead atoms. The van der Waals surface area contributed by atoms with E-state index in [4.69, 9.17) is 4.42 Å².